The fourth-order valence-corrected chi connectivity index (χ4v) is 0. The Balaban J connectivity index is -0.0000000450. The predicted octanol–water partition coefficient (Wildman–Crippen LogP) is -4.83. The van der Waals surface area contributed by atoms with Gasteiger partial charge in [0.2, 0.25) is 0 Å². The Bertz CT molecular complexity index is 13.5. The van der Waals surface area contributed by atoms with Gasteiger partial charge in [0.15, 0.2) is 14.6 Å². The van der Waals surface area contributed by atoms with Crippen molar-refractivity contribution in [2.45, 2.75) is 0 Å². The summed E-state index contributed by atoms with van der Waals surface area (Å²) in [6.45, 7) is 0. The summed E-state index contributed by atoms with van der Waals surface area (Å²) >= 11 is 0. The van der Waals surface area contributed by atoms with Crippen molar-refractivity contribution in [2.24, 2.45) is 11.3 Å². The first-order valence-electron chi connectivity index (χ1n) is 1.00. The topological polar surface area (TPSA) is 52.0 Å². The van der Waals surface area contributed by atoms with E-state index < -0.39 is 0 Å². The zero-order valence-electron chi connectivity index (χ0n) is 4.31. The number of hydrogen-bond acceptors (Lipinski definition) is 2. The Morgan fingerprint density at radius 1 is 1.20 bits per heavy atom. The molecule has 0 aliphatic carbocycles. The summed E-state index contributed by atoms with van der Waals surface area (Å²) in [5.74, 6) is 0. The van der Waals surface area contributed by atoms with Crippen molar-refractivity contribution in [1.29, 1.82) is 0 Å². The van der Waals surface area contributed by atoms with Crippen LogP contribution in [0.3, 0.4) is 0 Å². The first kappa shape index (κ1) is 9.17. The molecule has 0 saturated heterocycles. The third kappa shape index (κ3) is 12.0. The fraction of sp³-hybridized carbons (Fsp3) is 0. The van der Waals surface area contributed by atoms with Crippen LogP contribution in [0.1, 0.15) is 1.43 Å². The number of rotatable bonds is 1. The van der Waals surface area contributed by atoms with Gasteiger partial charge in [0, 0.05) is 0 Å². The van der Waals surface area contributed by atoms with Gasteiger partial charge < -0.3 is 12.7 Å². The Labute approximate surface area is 46.8 Å². The Morgan fingerprint density at radius 2 is 1.40 bits per heavy atom. The zero-order valence-corrected chi connectivity index (χ0v) is 3.31. The van der Waals surface area contributed by atoms with E-state index in [-0.39, 0.29) is 20.3 Å². The molecule has 22 valence electrons. The van der Waals surface area contributed by atoms with E-state index in [9.17, 15) is 0 Å². The maximum atomic E-state index is 4.72. The average Bonchev–Trinajstić information content (AvgIpc) is 1.37. The standard InChI is InChI=1S/B2H4N2.Li.H/c3-1-2-4;;/h3-4H2;;/q;+1;-1. The van der Waals surface area contributed by atoms with Gasteiger partial charge in [0.1, 0.15) is 0 Å². The summed E-state index contributed by atoms with van der Waals surface area (Å²) in [5.41, 5.74) is 9.44. The van der Waals surface area contributed by atoms with E-state index in [1.54, 1.807) is 0 Å². The Kier molecular flexibility index (Phi) is 16.2. The molecule has 0 aromatic carbocycles. The van der Waals surface area contributed by atoms with E-state index in [1.807, 2.05) is 0 Å². The fourth-order valence-electron chi connectivity index (χ4n) is 0. The van der Waals surface area contributed by atoms with Gasteiger partial charge in [-0.05, 0) is 0 Å². The van der Waals surface area contributed by atoms with Crippen molar-refractivity contribution in [1.82, 2.24) is 0 Å². The quantitative estimate of drug-likeness (QED) is 0.299. The van der Waals surface area contributed by atoms with E-state index in [0.717, 1.165) is 0 Å². The third-order valence-corrected chi connectivity index (χ3v) is 0.111. The van der Waals surface area contributed by atoms with Crippen LogP contribution in [0.25, 0.3) is 0 Å². The third-order valence-electron chi connectivity index (χ3n) is 0.111. The van der Waals surface area contributed by atoms with Gasteiger partial charge in [-0.1, -0.05) is 0 Å². The molecule has 0 aromatic heterocycles. The second-order valence-electron chi connectivity index (χ2n) is 0.385. The molecule has 0 saturated carbocycles. The monoisotopic (exact) mass is 62.1 g/mol. The van der Waals surface area contributed by atoms with E-state index in [2.05, 4.69) is 0 Å². The van der Waals surface area contributed by atoms with Gasteiger partial charge in [-0.25, -0.2) is 0 Å². The van der Waals surface area contributed by atoms with Crippen molar-refractivity contribution in [3.05, 3.63) is 0 Å². The molecular formula is H5B2LiN2. The van der Waals surface area contributed by atoms with E-state index in [0.29, 0.717) is 0 Å². The van der Waals surface area contributed by atoms with Crippen molar-refractivity contribution in [3.63, 3.8) is 0 Å². The van der Waals surface area contributed by atoms with E-state index in [4.69, 9.17) is 11.3 Å². The van der Waals surface area contributed by atoms with E-state index >= 15 is 0 Å². The minimum atomic E-state index is 0. The normalized spacial score (nSPS) is 4.40. The minimum absolute atomic E-state index is 0. The first-order chi connectivity index (χ1) is 1.91. The van der Waals surface area contributed by atoms with Crippen LogP contribution in [-0.2, 0) is 0 Å². The summed E-state index contributed by atoms with van der Waals surface area (Å²) in [5, 5.41) is 0. The van der Waals surface area contributed by atoms with Crippen LogP contribution in [0.2, 0.25) is 0 Å². The molecule has 0 amide bonds. The van der Waals surface area contributed by atoms with E-state index in [1.165, 1.54) is 14.6 Å². The molecule has 0 rings (SSSR count). The smallest absolute Gasteiger partial charge is 1.00 e. The molecule has 0 spiro atoms. The van der Waals surface area contributed by atoms with Crippen LogP contribution in [0, 0.1) is 0 Å². The van der Waals surface area contributed by atoms with Gasteiger partial charge in [-0.3, -0.25) is 0 Å². The Morgan fingerprint density at radius 3 is 1.40 bits per heavy atom. The molecule has 2 nitrogen and oxygen atoms in total. The summed E-state index contributed by atoms with van der Waals surface area (Å²) in [7, 11) is 2.56. The van der Waals surface area contributed by atoms with Gasteiger partial charge in [0.25, 0.3) is 0 Å². The minimum Gasteiger partial charge on any atom is -1.00 e. The maximum absolute atomic E-state index is 4.72. The molecule has 4 N–H and O–H groups in total. The van der Waals surface area contributed by atoms with Gasteiger partial charge in [0.05, 0.1) is 0 Å². The maximum Gasteiger partial charge on any atom is 1.00 e. The summed E-state index contributed by atoms with van der Waals surface area (Å²) < 4.78 is 0. The van der Waals surface area contributed by atoms with Crippen LogP contribution >= 0.6 is 0 Å². The molecule has 2 radical (unpaired) electrons. The van der Waals surface area contributed by atoms with Crippen LogP contribution < -0.4 is 30.1 Å². The number of hydrogen-bond donors (Lipinski definition) is 2. The van der Waals surface area contributed by atoms with Crippen molar-refractivity contribution < 1.29 is 20.3 Å². The molecule has 0 bridgehead atoms. The van der Waals surface area contributed by atoms with Gasteiger partial charge in [-0.15, -0.1) is 0 Å². The molecular weight excluding hydrogens is 56.6 g/mol. The SMILES string of the molecule is N[B][B]N.[H-].[Li+]. The molecule has 0 unspecified atom stereocenters. The largest absolute Gasteiger partial charge is 1.00 e. The van der Waals surface area contributed by atoms with Gasteiger partial charge in [-0.2, -0.15) is 0 Å². The molecule has 5 heavy (non-hydrogen) atoms. The average molecular weight is 61.6 g/mol. The molecule has 0 heterocycles. The predicted molar refractivity (Wildman–Crippen MR) is 21.0 cm³/mol. The van der Waals surface area contributed by atoms with Crippen molar-refractivity contribution in [2.75, 3.05) is 0 Å². The van der Waals surface area contributed by atoms with Crippen molar-refractivity contribution >= 4 is 14.6 Å². The summed E-state index contributed by atoms with van der Waals surface area (Å²) in [6.07, 6.45) is 0. The zero-order chi connectivity index (χ0) is 3.41. The van der Waals surface area contributed by atoms with Gasteiger partial charge >= 0.3 is 18.9 Å². The molecule has 0 aliphatic rings. The summed E-state index contributed by atoms with van der Waals surface area (Å²) in [6, 6.07) is 0. The molecule has 5 heteroatoms. The molecule has 0 fully saturated rings. The molecule has 0 atom stereocenters. The molecule has 0 aromatic rings. The van der Waals surface area contributed by atoms with Crippen LogP contribution in [-0.4, -0.2) is 14.6 Å². The van der Waals surface area contributed by atoms with Crippen LogP contribution in [0.4, 0.5) is 0 Å². The summed E-state index contributed by atoms with van der Waals surface area (Å²) in [4.78, 5) is 0. The van der Waals surface area contributed by atoms with Crippen LogP contribution in [0.5, 0.6) is 0 Å². The van der Waals surface area contributed by atoms with Crippen molar-refractivity contribution in [3.8, 4) is 0 Å². The first-order valence-corrected chi connectivity index (χ1v) is 1.00. The van der Waals surface area contributed by atoms with Crippen LogP contribution in [0.15, 0.2) is 0 Å². The Hall–Kier alpha value is 0.647. The second kappa shape index (κ2) is 8.82. The molecule has 0 aliphatic heterocycles. The second-order valence-corrected chi connectivity index (χ2v) is 0.385. The number of nitrogens with two attached hydrogens (primary N) is 2.